The molecule has 1 N–H and O–H groups in total. The summed E-state index contributed by atoms with van der Waals surface area (Å²) in [5, 5.41) is 8.24. The summed E-state index contributed by atoms with van der Waals surface area (Å²) in [7, 11) is 0. The lowest BCUT2D eigenvalue weighted by Crippen LogP contribution is -2.34. The van der Waals surface area contributed by atoms with Crippen LogP contribution in [0.1, 0.15) is 50.6 Å². The fourth-order valence-corrected chi connectivity index (χ4v) is 3.40. The molecule has 112 valence electrons. The third-order valence-corrected chi connectivity index (χ3v) is 4.45. The van der Waals surface area contributed by atoms with Gasteiger partial charge in [0.1, 0.15) is 0 Å². The van der Waals surface area contributed by atoms with Crippen molar-refractivity contribution in [3.63, 3.8) is 0 Å². The van der Waals surface area contributed by atoms with Gasteiger partial charge in [0.15, 0.2) is 0 Å². The van der Waals surface area contributed by atoms with Crippen molar-refractivity contribution in [1.29, 1.82) is 0 Å². The number of para-hydroxylation sites is 1. The highest BCUT2D eigenvalue weighted by Crippen LogP contribution is 2.33. The molecule has 3 nitrogen and oxygen atoms in total. The average Bonchev–Trinajstić information content (AvgIpc) is 3.04. The summed E-state index contributed by atoms with van der Waals surface area (Å²) >= 11 is 0. The molecule has 1 aromatic heterocycles. The summed E-state index contributed by atoms with van der Waals surface area (Å²) in [5.74, 6) is 0.621. The fourth-order valence-electron chi connectivity index (χ4n) is 3.40. The predicted octanol–water partition coefficient (Wildman–Crippen LogP) is 3.90. The van der Waals surface area contributed by atoms with E-state index in [1.165, 1.54) is 43.5 Å². The monoisotopic (exact) mass is 283 g/mol. The zero-order valence-electron chi connectivity index (χ0n) is 12.8. The number of benzene rings is 1. The van der Waals surface area contributed by atoms with Crippen molar-refractivity contribution in [2.75, 3.05) is 6.54 Å². The maximum Gasteiger partial charge on any atom is 0.0648 e. The molecule has 0 amide bonds. The minimum Gasteiger partial charge on any atom is -0.314 e. The van der Waals surface area contributed by atoms with Crippen LogP contribution in [0, 0.1) is 0 Å². The van der Waals surface area contributed by atoms with Crippen molar-refractivity contribution in [1.82, 2.24) is 15.1 Å². The molecule has 1 aromatic carbocycles. The quantitative estimate of drug-likeness (QED) is 0.902. The molecule has 0 aliphatic heterocycles. The zero-order valence-corrected chi connectivity index (χ0v) is 12.8. The molecule has 0 spiro atoms. The van der Waals surface area contributed by atoms with Gasteiger partial charge < -0.3 is 5.32 Å². The summed E-state index contributed by atoms with van der Waals surface area (Å²) in [6, 6.07) is 13.3. The Labute approximate surface area is 127 Å². The lowest BCUT2D eigenvalue weighted by atomic mass is 9.83. The first-order valence-electron chi connectivity index (χ1n) is 8.21. The van der Waals surface area contributed by atoms with E-state index in [0.29, 0.717) is 12.0 Å². The molecule has 1 saturated carbocycles. The molecule has 1 fully saturated rings. The molecular weight excluding hydrogens is 258 g/mol. The predicted molar refractivity (Wildman–Crippen MR) is 86.9 cm³/mol. The largest absolute Gasteiger partial charge is 0.314 e. The summed E-state index contributed by atoms with van der Waals surface area (Å²) in [5.41, 5.74) is 2.53. The average molecular weight is 283 g/mol. The van der Waals surface area contributed by atoms with Crippen LogP contribution < -0.4 is 5.32 Å². The van der Waals surface area contributed by atoms with Gasteiger partial charge in [-0.05, 0) is 50.4 Å². The lowest BCUT2D eigenvalue weighted by molar-refractivity contribution is 0.333. The van der Waals surface area contributed by atoms with E-state index in [9.17, 15) is 0 Å². The number of nitrogens with one attached hydrogen (secondary N) is 1. The topological polar surface area (TPSA) is 29.9 Å². The molecule has 3 rings (SSSR count). The van der Waals surface area contributed by atoms with Crippen molar-refractivity contribution < 1.29 is 0 Å². The van der Waals surface area contributed by atoms with E-state index < -0.39 is 0 Å². The van der Waals surface area contributed by atoms with E-state index in [2.05, 4.69) is 58.4 Å². The van der Waals surface area contributed by atoms with Gasteiger partial charge in [0.2, 0.25) is 0 Å². The number of nitrogens with zero attached hydrogens (tertiary/aromatic N) is 2. The van der Waals surface area contributed by atoms with Crippen LogP contribution in [0.5, 0.6) is 0 Å². The van der Waals surface area contributed by atoms with Crippen LogP contribution in [-0.2, 0) is 0 Å². The second kappa shape index (κ2) is 6.90. The molecule has 2 aromatic rings. The summed E-state index contributed by atoms with van der Waals surface area (Å²) in [6.07, 6.45) is 8.29. The number of rotatable bonds is 5. The van der Waals surface area contributed by atoms with E-state index in [1.54, 1.807) is 0 Å². The molecule has 0 radical (unpaired) electrons. The maximum atomic E-state index is 4.55. The van der Waals surface area contributed by atoms with Crippen LogP contribution >= 0.6 is 0 Å². The van der Waals surface area contributed by atoms with Crippen molar-refractivity contribution >= 4 is 0 Å². The highest BCUT2D eigenvalue weighted by molar-refractivity contribution is 5.33. The second-order valence-corrected chi connectivity index (χ2v) is 6.02. The molecule has 0 bridgehead atoms. The molecule has 2 atom stereocenters. The minimum absolute atomic E-state index is 0.621. The van der Waals surface area contributed by atoms with Gasteiger partial charge in [-0.3, -0.25) is 0 Å². The number of aromatic nitrogens is 2. The Kier molecular flexibility index (Phi) is 4.71. The van der Waals surface area contributed by atoms with E-state index in [-0.39, 0.29) is 0 Å². The molecular formula is C18H25N3. The SMILES string of the molecule is CCCNC1CCCC(c2ccnn2-c2ccccc2)C1. The zero-order chi connectivity index (χ0) is 14.5. The van der Waals surface area contributed by atoms with Gasteiger partial charge in [-0.1, -0.05) is 31.5 Å². The molecule has 1 aliphatic carbocycles. The van der Waals surface area contributed by atoms with Crippen LogP contribution in [0.4, 0.5) is 0 Å². The van der Waals surface area contributed by atoms with Crippen LogP contribution in [0.15, 0.2) is 42.6 Å². The van der Waals surface area contributed by atoms with Gasteiger partial charge in [-0.25, -0.2) is 4.68 Å². The van der Waals surface area contributed by atoms with E-state index >= 15 is 0 Å². The van der Waals surface area contributed by atoms with Gasteiger partial charge in [-0.15, -0.1) is 0 Å². The molecule has 0 saturated heterocycles. The molecule has 3 heteroatoms. The van der Waals surface area contributed by atoms with Crippen molar-refractivity contribution in [2.24, 2.45) is 0 Å². The minimum atomic E-state index is 0.621. The standard InChI is InChI=1S/C18H25N3/c1-2-12-19-16-8-6-7-15(14-16)18-11-13-20-21(18)17-9-4-3-5-10-17/h3-5,9-11,13,15-16,19H,2,6-8,12,14H2,1H3. The Hall–Kier alpha value is -1.61. The van der Waals surface area contributed by atoms with E-state index in [4.69, 9.17) is 0 Å². The van der Waals surface area contributed by atoms with Gasteiger partial charge in [0, 0.05) is 23.9 Å². The Bertz CT molecular complexity index is 547. The smallest absolute Gasteiger partial charge is 0.0648 e. The molecule has 1 aliphatic rings. The van der Waals surface area contributed by atoms with Crippen molar-refractivity contribution in [2.45, 2.75) is 51.0 Å². The summed E-state index contributed by atoms with van der Waals surface area (Å²) in [6.45, 7) is 3.37. The van der Waals surface area contributed by atoms with Crippen molar-refractivity contribution in [3.8, 4) is 5.69 Å². The highest BCUT2D eigenvalue weighted by Gasteiger charge is 2.25. The molecule has 1 heterocycles. The number of hydrogen-bond donors (Lipinski definition) is 1. The first kappa shape index (κ1) is 14.3. The normalized spacial score (nSPS) is 22.3. The van der Waals surface area contributed by atoms with Crippen LogP contribution in [-0.4, -0.2) is 22.4 Å². The van der Waals surface area contributed by atoms with Gasteiger partial charge in [0.05, 0.1) is 5.69 Å². The van der Waals surface area contributed by atoms with Crippen molar-refractivity contribution in [3.05, 3.63) is 48.3 Å². The van der Waals surface area contributed by atoms with Gasteiger partial charge in [-0.2, -0.15) is 5.10 Å². The van der Waals surface area contributed by atoms with Crippen LogP contribution in [0.2, 0.25) is 0 Å². The first-order chi connectivity index (χ1) is 10.4. The third kappa shape index (κ3) is 3.35. The Morgan fingerprint density at radius 1 is 1.19 bits per heavy atom. The molecule has 21 heavy (non-hydrogen) atoms. The van der Waals surface area contributed by atoms with E-state index in [1.807, 2.05) is 6.20 Å². The Morgan fingerprint density at radius 2 is 2.05 bits per heavy atom. The van der Waals surface area contributed by atoms with Crippen LogP contribution in [0.3, 0.4) is 0 Å². The summed E-state index contributed by atoms with van der Waals surface area (Å²) < 4.78 is 2.12. The summed E-state index contributed by atoms with van der Waals surface area (Å²) in [4.78, 5) is 0. The molecule has 2 unspecified atom stereocenters. The fraction of sp³-hybridized carbons (Fsp3) is 0.500. The Morgan fingerprint density at radius 3 is 2.86 bits per heavy atom. The highest BCUT2D eigenvalue weighted by atomic mass is 15.3. The van der Waals surface area contributed by atoms with Gasteiger partial charge in [0.25, 0.3) is 0 Å². The maximum absolute atomic E-state index is 4.55. The van der Waals surface area contributed by atoms with Crippen LogP contribution in [0.25, 0.3) is 5.69 Å². The third-order valence-electron chi connectivity index (χ3n) is 4.45. The second-order valence-electron chi connectivity index (χ2n) is 6.02. The first-order valence-corrected chi connectivity index (χ1v) is 8.21. The Balaban J connectivity index is 1.76. The lowest BCUT2D eigenvalue weighted by Gasteiger charge is -2.30. The van der Waals surface area contributed by atoms with E-state index in [0.717, 1.165) is 6.54 Å². The number of hydrogen-bond acceptors (Lipinski definition) is 2. The van der Waals surface area contributed by atoms with Gasteiger partial charge >= 0.3 is 0 Å².